The van der Waals surface area contributed by atoms with Crippen molar-refractivity contribution in [2.45, 2.75) is 37.8 Å². The quantitative estimate of drug-likeness (QED) is 0.769. The molecule has 5 nitrogen and oxygen atoms in total. The van der Waals surface area contributed by atoms with Gasteiger partial charge in [0.25, 0.3) is 0 Å². The number of hydrogen-bond donors (Lipinski definition) is 3. The molecule has 0 radical (unpaired) electrons. The largest absolute Gasteiger partial charge is 0.508 e. The zero-order valence-corrected chi connectivity index (χ0v) is 10.6. The van der Waals surface area contributed by atoms with Gasteiger partial charge in [0.1, 0.15) is 5.75 Å². The van der Waals surface area contributed by atoms with Crippen LogP contribution in [0.2, 0.25) is 0 Å². The van der Waals surface area contributed by atoms with Gasteiger partial charge in [-0.3, -0.25) is 0 Å². The molecule has 0 amide bonds. The summed E-state index contributed by atoms with van der Waals surface area (Å²) in [7, 11) is 0. The molecule has 1 aliphatic carbocycles. The third-order valence-electron chi connectivity index (χ3n) is 3.60. The van der Waals surface area contributed by atoms with E-state index in [-0.39, 0.29) is 11.9 Å². The Labute approximate surface area is 111 Å². The van der Waals surface area contributed by atoms with Crippen LogP contribution in [0.1, 0.15) is 25.7 Å². The molecule has 1 aromatic heterocycles. The van der Waals surface area contributed by atoms with E-state index in [0.717, 1.165) is 36.6 Å². The van der Waals surface area contributed by atoms with Gasteiger partial charge in [-0.25, -0.2) is 9.97 Å². The molecule has 2 aromatic rings. The van der Waals surface area contributed by atoms with Gasteiger partial charge in [0.15, 0.2) is 0 Å². The predicted octanol–water partition coefficient (Wildman–Crippen LogP) is 2.05. The molecule has 0 unspecified atom stereocenters. The first kappa shape index (κ1) is 12.2. The molecular weight excluding hydrogens is 242 g/mol. The highest BCUT2D eigenvalue weighted by Crippen LogP contribution is 2.22. The van der Waals surface area contributed by atoms with Gasteiger partial charge in [-0.05, 0) is 37.8 Å². The third kappa shape index (κ3) is 2.76. The van der Waals surface area contributed by atoms with Crippen LogP contribution in [0.4, 0.5) is 5.95 Å². The summed E-state index contributed by atoms with van der Waals surface area (Å²) < 4.78 is 0. The summed E-state index contributed by atoms with van der Waals surface area (Å²) in [6, 6.07) is 5.37. The second-order valence-corrected chi connectivity index (χ2v) is 5.09. The lowest BCUT2D eigenvalue weighted by molar-refractivity contribution is 0.126. The lowest BCUT2D eigenvalue weighted by atomic mass is 9.93. The first-order chi connectivity index (χ1) is 9.20. The molecule has 100 valence electrons. The average Bonchev–Trinajstić information content (AvgIpc) is 2.41. The molecule has 1 fully saturated rings. The standard InChI is InChI=1S/C14H17N3O2/c18-11-5-2-10(3-6-11)16-14-15-8-9-1-4-12(19)7-13(9)17-14/h1,4,7-8,10-11,18-19H,2-3,5-6H2,(H,15,16,17). The van der Waals surface area contributed by atoms with E-state index in [1.807, 2.05) is 0 Å². The van der Waals surface area contributed by atoms with Crippen molar-refractivity contribution in [3.8, 4) is 5.75 Å². The van der Waals surface area contributed by atoms with Crippen molar-refractivity contribution in [1.29, 1.82) is 0 Å². The van der Waals surface area contributed by atoms with Crippen LogP contribution in [0.3, 0.4) is 0 Å². The lowest BCUT2D eigenvalue weighted by Crippen LogP contribution is -2.28. The minimum Gasteiger partial charge on any atom is -0.508 e. The number of anilines is 1. The minimum atomic E-state index is -0.160. The summed E-state index contributed by atoms with van der Waals surface area (Å²) in [4.78, 5) is 8.69. The fourth-order valence-corrected chi connectivity index (χ4v) is 2.48. The van der Waals surface area contributed by atoms with E-state index < -0.39 is 0 Å². The number of rotatable bonds is 2. The number of aromatic nitrogens is 2. The van der Waals surface area contributed by atoms with Gasteiger partial charge in [-0.1, -0.05) is 0 Å². The molecule has 1 aromatic carbocycles. The van der Waals surface area contributed by atoms with E-state index in [2.05, 4.69) is 15.3 Å². The Morgan fingerprint density at radius 3 is 2.74 bits per heavy atom. The Balaban J connectivity index is 1.77. The highest BCUT2D eigenvalue weighted by molar-refractivity contribution is 5.80. The Morgan fingerprint density at radius 1 is 1.16 bits per heavy atom. The first-order valence-corrected chi connectivity index (χ1v) is 6.61. The second kappa shape index (κ2) is 5.01. The fourth-order valence-electron chi connectivity index (χ4n) is 2.48. The van der Waals surface area contributed by atoms with Gasteiger partial charge in [-0.2, -0.15) is 0 Å². The Bertz CT molecular complexity index is 580. The fraction of sp³-hybridized carbons (Fsp3) is 0.429. The SMILES string of the molecule is Oc1ccc2cnc(NC3CCC(O)CC3)nc2c1. The molecule has 3 rings (SSSR count). The number of aliphatic hydroxyl groups is 1. The number of benzene rings is 1. The van der Waals surface area contributed by atoms with Crippen LogP contribution >= 0.6 is 0 Å². The Morgan fingerprint density at radius 2 is 1.95 bits per heavy atom. The van der Waals surface area contributed by atoms with Crippen LogP contribution < -0.4 is 5.32 Å². The topological polar surface area (TPSA) is 78.3 Å². The molecule has 0 spiro atoms. The number of fused-ring (bicyclic) bond motifs is 1. The van der Waals surface area contributed by atoms with Crippen LogP contribution in [-0.4, -0.2) is 32.3 Å². The Kier molecular flexibility index (Phi) is 3.21. The van der Waals surface area contributed by atoms with Gasteiger partial charge in [0, 0.05) is 23.7 Å². The van der Waals surface area contributed by atoms with Crippen molar-refractivity contribution in [3.63, 3.8) is 0 Å². The van der Waals surface area contributed by atoms with E-state index in [9.17, 15) is 10.2 Å². The van der Waals surface area contributed by atoms with E-state index >= 15 is 0 Å². The summed E-state index contributed by atoms with van der Waals surface area (Å²) >= 11 is 0. The smallest absolute Gasteiger partial charge is 0.223 e. The molecule has 5 heteroatoms. The zero-order valence-electron chi connectivity index (χ0n) is 10.6. The van der Waals surface area contributed by atoms with Crippen LogP contribution in [0.5, 0.6) is 5.75 Å². The third-order valence-corrected chi connectivity index (χ3v) is 3.60. The highest BCUT2D eigenvalue weighted by atomic mass is 16.3. The van der Waals surface area contributed by atoms with E-state index in [0.29, 0.717) is 12.0 Å². The van der Waals surface area contributed by atoms with Gasteiger partial charge in [0.2, 0.25) is 5.95 Å². The highest BCUT2D eigenvalue weighted by Gasteiger charge is 2.19. The summed E-state index contributed by atoms with van der Waals surface area (Å²) in [5.41, 5.74) is 0.730. The van der Waals surface area contributed by atoms with Crippen molar-refractivity contribution in [2.75, 3.05) is 5.32 Å². The normalized spacial score (nSPS) is 23.4. The zero-order chi connectivity index (χ0) is 13.2. The van der Waals surface area contributed by atoms with Crippen molar-refractivity contribution < 1.29 is 10.2 Å². The lowest BCUT2D eigenvalue weighted by Gasteiger charge is -2.26. The number of phenolic OH excluding ortho intramolecular Hbond substituents is 1. The molecule has 19 heavy (non-hydrogen) atoms. The van der Waals surface area contributed by atoms with Crippen LogP contribution in [-0.2, 0) is 0 Å². The van der Waals surface area contributed by atoms with Crippen molar-refractivity contribution >= 4 is 16.9 Å². The number of phenols is 1. The van der Waals surface area contributed by atoms with E-state index in [4.69, 9.17) is 0 Å². The molecule has 1 saturated carbocycles. The monoisotopic (exact) mass is 259 g/mol. The summed E-state index contributed by atoms with van der Waals surface area (Å²) in [5.74, 6) is 0.789. The van der Waals surface area contributed by atoms with Gasteiger partial charge in [-0.15, -0.1) is 0 Å². The van der Waals surface area contributed by atoms with Gasteiger partial charge >= 0.3 is 0 Å². The van der Waals surface area contributed by atoms with Crippen molar-refractivity contribution in [1.82, 2.24) is 9.97 Å². The molecule has 0 aliphatic heterocycles. The molecule has 3 N–H and O–H groups in total. The summed E-state index contributed by atoms with van der Waals surface area (Å²) in [5, 5.41) is 23.1. The number of aliphatic hydroxyl groups excluding tert-OH is 1. The summed E-state index contributed by atoms with van der Waals surface area (Å²) in [6.45, 7) is 0. The van der Waals surface area contributed by atoms with Crippen LogP contribution in [0.15, 0.2) is 24.4 Å². The van der Waals surface area contributed by atoms with Crippen LogP contribution in [0.25, 0.3) is 10.9 Å². The van der Waals surface area contributed by atoms with E-state index in [1.165, 1.54) is 0 Å². The molecule has 0 bridgehead atoms. The minimum absolute atomic E-state index is 0.160. The molecule has 0 atom stereocenters. The molecule has 1 heterocycles. The van der Waals surface area contributed by atoms with Crippen molar-refractivity contribution in [3.05, 3.63) is 24.4 Å². The number of aromatic hydroxyl groups is 1. The van der Waals surface area contributed by atoms with E-state index in [1.54, 1.807) is 24.4 Å². The molecular formula is C14H17N3O2. The molecule has 1 aliphatic rings. The molecule has 0 saturated heterocycles. The average molecular weight is 259 g/mol. The summed E-state index contributed by atoms with van der Waals surface area (Å²) in [6.07, 6.45) is 5.11. The maximum Gasteiger partial charge on any atom is 0.223 e. The Hall–Kier alpha value is -1.88. The van der Waals surface area contributed by atoms with Crippen LogP contribution in [0, 0.1) is 0 Å². The maximum atomic E-state index is 9.48. The maximum absolute atomic E-state index is 9.48. The number of nitrogens with zero attached hydrogens (tertiary/aromatic N) is 2. The number of hydrogen-bond acceptors (Lipinski definition) is 5. The first-order valence-electron chi connectivity index (χ1n) is 6.61. The van der Waals surface area contributed by atoms with Gasteiger partial charge < -0.3 is 15.5 Å². The van der Waals surface area contributed by atoms with Gasteiger partial charge in [0.05, 0.1) is 11.6 Å². The number of nitrogens with one attached hydrogen (secondary N) is 1. The predicted molar refractivity (Wildman–Crippen MR) is 73.1 cm³/mol. The van der Waals surface area contributed by atoms with Crippen molar-refractivity contribution in [2.24, 2.45) is 0 Å². The second-order valence-electron chi connectivity index (χ2n) is 5.09.